The van der Waals surface area contributed by atoms with E-state index in [0.717, 1.165) is 12.8 Å². The van der Waals surface area contributed by atoms with Gasteiger partial charge in [0.2, 0.25) is 0 Å². The summed E-state index contributed by atoms with van der Waals surface area (Å²) >= 11 is 0. The van der Waals surface area contributed by atoms with Gasteiger partial charge in [0.05, 0.1) is 0 Å². The fraction of sp³-hybridized carbons (Fsp3) is 0.429. The van der Waals surface area contributed by atoms with Crippen LogP contribution in [-0.2, 0) is 0 Å². The Balaban J connectivity index is 2.69. The molecule has 1 atom stereocenters. The third-order valence-corrected chi connectivity index (χ3v) is 2.39. The van der Waals surface area contributed by atoms with E-state index >= 15 is 0 Å². The van der Waals surface area contributed by atoms with Crippen LogP contribution in [-0.4, -0.2) is 10.7 Å². The molecule has 0 aromatic rings. The summed E-state index contributed by atoms with van der Waals surface area (Å²) in [5, 5.41) is 10.2. The fourth-order valence-electron chi connectivity index (χ4n) is 1.60. The first-order valence-electron chi connectivity index (χ1n) is 5.65. The minimum atomic E-state index is -0.780. The van der Waals surface area contributed by atoms with Crippen molar-refractivity contribution in [3.63, 3.8) is 0 Å². The molecule has 1 N–H and O–H groups in total. The fourth-order valence-corrected chi connectivity index (χ4v) is 1.60. The van der Waals surface area contributed by atoms with E-state index in [9.17, 15) is 5.11 Å². The molecular weight excluding hydrogens is 184 g/mol. The summed E-state index contributed by atoms with van der Waals surface area (Å²) in [6, 6.07) is 0. The topological polar surface area (TPSA) is 20.2 Å². The summed E-state index contributed by atoms with van der Waals surface area (Å²) in [5.74, 6) is 0. The van der Waals surface area contributed by atoms with Crippen molar-refractivity contribution < 1.29 is 5.11 Å². The van der Waals surface area contributed by atoms with E-state index in [4.69, 9.17) is 0 Å². The Morgan fingerprint density at radius 1 is 1.33 bits per heavy atom. The molecular formula is C14H20O. The van der Waals surface area contributed by atoms with Gasteiger partial charge in [0.25, 0.3) is 0 Å². The second kappa shape index (κ2) is 5.72. The Bertz CT molecular complexity index is 307. The van der Waals surface area contributed by atoms with Crippen molar-refractivity contribution in [2.24, 2.45) is 0 Å². The lowest BCUT2D eigenvalue weighted by atomic mass is 9.89. The maximum absolute atomic E-state index is 10.2. The maximum Gasteiger partial charge on any atom is 0.105 e. The largest absolute Gasteiger partial charge is 0.381 e. The standard InChI is InChI=1S/C14H20O/c1-3-5-8-13-9-7-11-14(15,12-13)10-6-4-2/h5-11,15H,3-4,12H2,1-2H3. The molecule has 1 nitrogen and oxygen atoms in total. The number of aliphatic hydroxyl groups is 1. The lowest BCUT2D eigenvalue weighted by Gasteiger charge is -2.23. The number of rotatable bonds is 4. The summed E-state index contributed by atoms with van der Waals surface area (Å²) in [5.41, 5.74) is 0.403. The van der Waals surface area contributed by atoms with E-state index in [2.05, 4.69) is 32.1 Å². The van der Waals surface area contributed by atoms with E-state index < -0.39 is 5.60 Å². The van der Waals surface area contributed by atoms with Gasteiger partial charge in [-0.25, -0.2) is 0 Å². The molecule has 0 aromatic carbocycles. The van der Waals surface area contributed by atoms with Crippen molar-refractivity contribution in [3.8, 4) is 0 Å². The van der Waals surface area contributed by atoms with Crippen molar-refractivity contribution in [1.82, 2.24) is 0 Å². The number of allylic oxidation sites excluding steroid dienone is 5. The molecule has 0 radical (unpaired) electrons. The van der Waals surface area contributed by atoms with E-state index in [-0.39, 0.29) is 0 Å². The highest BCUT2D eigenvalue weighted by Gasteiger charge is 2.22. The van der Waals surface area contributed by atoms with Gasteiger partial charge in [0, 0.05) is 6.42 Å². The summed E-state index contributed by atoms with van der Waals surface area (Å²) in [6.07, 6.45) is 16.6. The third kappa shape index (κ3) is 3.88. The zero-order chi connectivity index (χ0) is 11.1. The van der Waals surface area contributed by atoms with Crippen LogP contribution >= 0.6 is 0 Å². The molecule has 1 heteroatoms. The highest BCUT2D eigenvalue weighted by atomic mass is 16.3. The first kappa shape index (κ1) is 12.0. The average molecular weight is 204 g/mol. The summed E-state index contributed by atoms with van der Waals surface area (Å²) in [6.45, 7) is 4.18. The Morgan fingerprint density at radius 2 is 2.07 bits per heavy atom. The lowest BCUT2D eigenvalue weighted by Crippen LogP contribution is -2.24. The van der Waals surface area contributed by atoms with Crippen LogP contribution in [0.3, 0.4) is 0 Å². The second-order valence-corrected chi connectivity index (χ2v) is 3.89. The summed E-state index contributed by atoms with van der Waals surface area (Å²) < 4.78 is 0. The lowest BCUT2D eigenvalue weighted by molar-refractivity contribution is 0.142. The Hall–Kier alpha value is -1.08. The molecule has 0 amide bonds. The molecule has 0 saturated heterocycles. The molecule has 0 aromatic heterocycles. The van der Waals surface area contributed by atoms with Gasteiger partial charge in [-0.3, -0.25) is 0 Å². The van der Waals surface area contributed by atoms with Gasteiger partial charge < -0.3 is 5.11 Å². The van der Waals surface area contributed by atoms with Crippen molar-refractivity contribution in [3.05, 3.63) is 48.1 Å². The molecule has 1 rings (SSSR count). The predicted octanol–water partition coefficient (Wildman–Crippen LogP) is 3.54. The highest BCUT2D eigenvalue weighted by Crippen LogP contribution is 2.25. The van der Waals surface area contributed by atoms with Crippen LogP contribution in [0.15, 0.2) is 48.1 Å². The zero-order valence-corrected chi connectivity index (χ0v) is 9.61. The monoisotopic (exact) mass is 204 g/mol. The average Bonchev–Trinajstić information content (AvgIpc) is 2.24. The third-order valence-electron chi connectivity index (χ3n) is 2.39. The quantitative estimate of drug-likeness (QED) is 0.694. The summed E-state index contributed by atoms with van der Waals surface area (Å²) in [7, 11) is 0. The smallest absolute Gasteiger partial charge is 0.105 e. The van der Waals surface area contributed by atoms with Crippen LogP contribution < -0.4 is 0 Å². The van der Waals surface area contributed by atoms with Gasteiger partial charge in [0.15, 0.2) is 0 Å². The molecule has 1 aliphatic carbocycles. The van der Waals surface area contributed by atoms with E-state index in [1.165, 1.54) is 5.57 Å². The van der Waals surface area contributed by atoms with Gasteiger partial charge in [0.1, 0.15) is 5.60 Å². The van der Waals surface area contributed by atoms with Gasteiger partial charge in [-0.15, -0.1) is 0 Å². The normalized spacial score (nSPS) is 26.5. The molecule has 1 unspecified atom stereocenters. The van der Waals surface area contributed by atoms with Crippen LogP contribution in [0.4, 0.5) is 0 Å². The first-order valence-corrected chi connectivity index (χ1v) is 5.65. The molecule has 0 spiro atoms. The molecule has 0 heterocycles. The van der Waals surface area contributed by atoms with Crippen LogP contribution in [0, 0.1) is 0 Å². The van der Waals surface area contributed by atoms with E-state index in [1.807, 2.05) is 24.3 Å². The predicted molar refractivity (Wildman–Crippen MR) is 65.7 cm³/mol. The van der Waals surface area contributed by atoms with Crippen LogP contribution in [0.1, 0.15) is 33.1 Å². The molecule has 0 saturated carbocycles. The van der Waals surface area contributed by atoms with Crippen molar-refractivity contribution in [2.75, 3.05) is 0 Å². The number of hydrogen-bond donors (Lipinski definition) is 1. The van der Waals surface area contributed by atoms with Crippen molar-refractivity contribution >= 4 is 0 Å². The molecule has 82 valence electrons. The zero-order valence-electron chi connectivity index (χ0n) is 9.61. The maximum atomic E-state index is 10.2. The molecule has 0 fully saturated rings. The Morgan fingerprint density at radius 3 is 2.73 bits per heavy atom. The molecule has 0 aliphatic heterocycles. The molecule has 0 bridgehead atoms. The van der Waals surface area contributed by atoms with Crippen molar-refractivity contribution in [1.29, 1.82) is 0 Å². The Labute approximate surface area is 92.5 Å². The van der Waals surface area contributed by atoms with Crippen molar-refractivity contribution in [2.45, 2.75) is 38.7 Å². The highest BCUT2D eigenvalue weighted by molar-refractivity contribution is 5.35. The summed E-state index contributed by atoms with van der Waals surface area (Å²) in [4.78, 5) is 0. The Kier molecular flexibility index (Phi) is 4.57. The molecule has 15 heavy (non-hydrogen) atoms. The van der Waals surface area contributed by atoms with Crippen LogP contribution in [0.2, 0.25) is 0 Å². The first-order chi connectivity index (χ1) is 7.20. The van der Waals surface area contributed by atoms with Crippen LogP contribution in [0.5, 0.6) is 0 Å². The van der Waals surface area contributed by atoms with E-state index in [1.54, 1.807) is 0 Å². The minimum Gasteiger partial charge on any atom is -0.381 e. The van der Waals surface area contributed by atoms with Gasteiger partial charge in [-0.05, 0) is 24.5 Å². The van der Waals surface area contributed by atoms with Crippen LogP contribution in [0.25, 0.3) is 0 Å². The van der Waals surface area contributed by atoms with Gasteiger partial charge in [-0.1, -0.05) is 50.3 Å². The SMILES string of the molecule is CCC=CC1=CC=CC(O)(C=CCC)C1. The number of hydrogen-bond acceptors (Lipinski definition) is 1. The molecule has 1 aliphatic rings. The van der Waals surface area contributed by atoms with Gasteiger partial charge in [-0.2, -0.15) is 0 Å². The van der Waals surface area contributed by atoms with E-state index in [0.29, 0.717) is 6.42 Å². The second-order valence-electron chi connectivity index (χ2n) is 3.89. The minimum absolute atomic E-state index is 0.677. The van der Waals surface area contributed by atoms with Gasteiger partial charge >= 0.3 is 0 Å².